The zero-order valence-electron chi connectivity index (χ0n) is 17.8. The molecule has 11 heteroatoms. The van der Waals surface area contributed by atoms with E-state index in [-0.39, 0.29) is 12.5 Å². The van der Waals surface area contributed by atoms with Gasteiger partial charge in [0, 0.05) is 28.1 Å². The van der Waals surface area contributed by atoms with Gasteiger partial charge in [0.1, 0.15) is 12.6 Å². The van der Waals surface area contributed by atoms with Crippen molar-refractivity contribution < 1.29 is 18.0 Å². The number of hydrogen-bond donors (Lipinski definition) is 1. The van der Waals surface area contributed by atoms with Gasteiger partial charge in [-0.3, -0.25) is 13.9 Å². The van der Waals surface area contributed by atoms with Crippen molar-refractivity contribution in [2.45, 2.75) is 25.9 Å². The molecular formula is C21H24BrCl2N3O4S. The summed E-state index contributed by atoms with van der Waals surface area (Å²) in [6.45, 7) is 1.29. The summed E-state index contributed by atoms with van der Waals surface area (Å²) in [6, 6.07) is 10.7. The SMILES string of the molecule is CC[C@H](C(=O)NC)N(Cc1ccc(Cl)cc1Cl)C(=O)CN(c1ccccc1Br)S(C)(=O)=O. The molecule has 0 saturated heterocycles. The number of nitrogens with zero attached hydrogens (tertiary/aromatic N) is 2. The number of carbonyl (C=O) groups excluding carboxylic acids is 2. The van der Waals surface area contributed by atoms with Crippen molar-refractivity contribution in [2.24, 2.45) is 0 Å². The maximum absolute atomic E-state index is 13.4. The van der Waals surface area contributed by atoms with E-state index in [0.717, 1.165) is 10.6 Å². The average molecular weight is 565 g/mol. The molecule has 174 valence electrons. The number of rotatable bonds is 9. The molecule has 0 aliphatic carbocycles. The Morgan fingerprint density at radius 2 is 1.81 bits per heavy atom. The number of halogens is 3. The Morgan fingerprint density at radius 3 is 2.34 bits per heavy atom. The van der Waals surface area contributed by atoms with Crippen molar-refractivity contribution in [3.05, 3.63) is 62.5 Å². The van der Waals surface area contributed by atoms with Gasteiger partial charge in [-0.15, -0.1) is 0 Å². The van der Waals surface area contributed by atoms with Gasteiger partial charge in [-0.05, 0) is 52.2 Å². The zero-order valence-corrected chi connectivity index (χ0v) is 21.7. The van der Waals surface area contributed by atoms with Crippen molar-refractivity contribution in [3.8, 4) is 0 Å². The van der Waals surface area contributed by atoms with E-state index in [4.69, 9.17) is 23.2 Å². The van der Waals surface area contributed by atoms with Crippen LogP contribution < -0.4 is 9.62 Å². The smallest absolute Gasteiger partial charge is 0.244 e. The predicted molar refractivity (Wildman–Crippen MR) is 131 cm³/mol. The van der Waals surface area contributed by atoms with Gasteiger partial charge >= 0.3 is 0 Å². The Labute approximate surface area is 206 Å². The maximum Gasteiger partial charge on any atom is 0.244 e. The molecule has 7 nitrogen and oxygen atoms in total. The lowest BCUT2D eigenvalue weighted by Crippen LogP contribution is -2.51. The van der Waals surface area contributed by atoms with E-state index >= 15 is 0 Å². The van der Waals surface area contributed by atoms with Gasteiger partial charge in [0.15, 0.2) is 0 Å². The van der Waals surface area contributed by atoms with E-state index < -0.39 is 28.5 Å². The summed E-state index contributed by atoms with van der Waals surface area (Å²) in [5.74, 6) is -0.912. The van der Waals surface area contributed by atoms with E-state index in [1.165, 1.54) is 11.9 Å². The van der Waals surface area contributed by atoms with Gasteiger partial charge in [-0.1, -0.05) is 48.3 Å². The standard InChI is InChI=1S/C21H24BrCl2N3O4S/c1-4-18(21(29)25-2)26(12-14-9-10-15(23)11-17(14)24)20(28)13-27(32(3,30)31)19-8-6-5-7-16(19)22/h5-11,18H,4,12-13H2,1-3H3,(H,25,29)/t18-/m1/s1. The van der Waals surface area contributed by atoms with Gasteiger partial charge in [0.25, 0.3) is 0 Å². The minimum Gasteiger partial charge on any atom is -0.357 e. The van der Waals surface area contributed by atoms with Crippen LogP contribution >= 0.6 is 39.1 Å². The Balaban J connectivity index is 2.47. The fraction of sp³-hybridized carbons (Fsp3) is 0.333. The molecule has 0 bridgehead atoms. The topological polar surface area (TPSA) is 86.8 Å². The van der Waals surface area contributed by atoms with Crippen LogP contribution in [0.3, 0.4) is 0 Å². The number of para-hydroxylation sites is 1. The molecule has 2 rings (SSSR count). The number of amides is 2. The van der Waals surface area contributed by atoms with Gasteiger partial charge in [-0.2, -0.15) is 0 Å². The molecule has 0 aliphatic rings. The second kappa shape index (κ2) is 11.4. The first-order valence-corrected chi connectivity index (χ1v) is 13.1. The summed E-state index contributed by atoms with van der Waals surface area (Å²) >= 11 is 15.6. The molecule has 32 heavy (non-hydrogen) atoms. The number of anilines is 1. The second-order valence-electron chi connectivity index (χ2n) is 7.02. The van der Waals surface area contributed by atoms with Crippen molar-refractivity contribution in [1.82, 2.24) is 10.2 Å². The summed E-state index contributed by atoms with van der Waals surface area (Å²) < 4.78 is 26.6. The highest BCUT2D eigenvalue weighted by atomic mass is 79.9. The summed E-state index contributed by atoms with van der Waals surface area (Å²) in [7, 11) is -2.32. The van der Waals surface area contributed by atoms with Crippen LogP contribution in [0, 0.1) is 0 Å². The van der Waals surface area contributed by atoms with Crippen LogP contribution in [-0.4, -0.2) is 51.0 Å². The molecule has 0 saturated carbocycles. The molecule has 0 unspecified atom stereocenters. The summed E-state index contributed by atoms with van der Waals surface area (Å²) in [5, 5.41) is 3.34. The molecule has 0 heterocycles. The Bertz CT molecular complexity index is 1100. The van der Waals surface area contributed by atoms with Crippen LogP contribution in [0.15, 0.2) is 46.9 Å². The monoisotopic (exact) mass is 563 g/mol. The van der Waals surface area contributed by atoms with Crippen LogP contribution in [0.4, 0.5) is 5.69 Å². The minimum absolute atomic E-state index is 0.00826. The van der Waals surface area contributed by atoms with Crippen LogP contribution in [0.2, 0.25) is 10.0 Å². The number of benzene rings is 2. The van der Waals surface area contributed by atoms with Gasteiger partial charge in [0.05, 0.1) is 11.9 Å². The fourth-order valence-corrected chi connectivity index (χ4v) is 5.11. The molecule has 2 amide bonds. The Kier molecular flexibility index (Phi) is 9.39. The number of carbonyl (C=O) groups is 2. The molecule has 0 spiro atoms. The molecule has 1 N–H and O–H groups in total. The lowest BCUT2D eigenvalue weighted by Gasteiger charge is -2.33. The van der Waals surface area contributed by atoms with Crippen LogP contribution in [0.5, 0.6) is 0 Å². The lowest BCUT2D eigenvalue weighted by atomic mass is 10.1. The molecule has 0 fully saturated rings. The van der Waals surface area contributed by atoms with Gasteiger partial charge in [0.2, 0.25) is 21.8 Å². The third-order valence-electron chi connectivity index (χ3n) is 4.79. The van der Waals surface area contributed by atoms with Gasteiger partial charge in [-0.25, -0.2) is 8.42 Å². The number of hydrogen-bond acceptors (Lipinski definition) is 4. The van der Waals surface area contributed by atoms with Crippen LogP contribution in [0.1, 0.15) is 18.9 Å². The highest BCUT2D eigenvalue weighted by Crippen LogP contribution is 2.28. The van der Waals surface area contributed by atoms with E-state index in [9.17, 15) is 18.0 Å². The largest absolute Gasteiger partial charge is 0.357 e. The zero-order chi connectivity index (χ0) is 24.1. The predicted octanol–water partition coefficient (Wildman–Crippen LogP) is 4.08. The normalized spacial score (nSPS) is 12.2. The first-order valence-electron chi connectivity index (χ1n) is 9.66. The molecule has 0 aliphatic heterocycles. The van der Waals surface area contributed by atoms with Crippen LogP contribution in [0.25, 0.3) is 0 Å². The van der Waals surface area contributed by atoms with E-state index in [2.05, 4.69) is 21.2 Å². The van der Waals surface area contributed by atoms with Crippen molar-refractivity contribution in [3.63, 3.8) is 0 Å². The molecule has 0 radical (unpaired) electrons. The summed E-state index contributed by atoms with van der Waals surface area (Å²) in [6.07, 6.45) is 1.35. The fourth-order valence-electron chi connectivity index (χ4n) is 3.17. The third-order valence-corrected chi connectivity index (χ3v) is 7.17. The summed E-state index contributed by atoms with van der Waals surface area (Å²) in [5.41, 5.74) is 0.902. The molecule has 2 aromatic carbocycles. The second-order valence-corrected chi connectivity index (χ2v) is 10.6. The first-order chi connectivity index (χ1) is 15.0. The molecule has 2 aromatic rings. The van der Waals surface area contributed by atoms with Crippen molar-refractivity contribution >= 4 is 66.7 Å². The Hall–Kier alpha value is -1.81. The van der Waals surface area contributed by atoms with Crippen molar-refractivity contribution in [1.29, 1.82) is 0 Å². The molecule has 0 aromatic heterocycles. The van der Waals surface area contributed by atoms with Gasteiger partial charge < -0.3 is 10.2 Å². The summed E-state index contributed by atoms with van der Waals surface area (Å²) in [4.78, 5) is 27.3. The molecular weight excluding hydrogens is 541 g/mol. The first kappa shape index (κ1) is 26.4. The number of sulfonamides is 1. The highest BCUT2D eigenvalue weighted by Gasteiger charge is 2.32. The quantitative estimate of drug-likeness (QED) is 0.497. The molecule has 1 atom stereocenters. The van der Waals surface area contributed by atoms with Crippen molar-refractivity contribution in [2.75, 3.05) is 24.2 Å². The lowest BCUT2D eigenvalue weighted by molar-refractivity contribution is -0.140. The van der Waals surface area contributed by atoms with E-state index in [0.29, 0.717) is 32.2 Å². The van der Waals surface area contributed by atoms with Crippen LogP contribution in [-0.2, 0) is 26.2 Å². The van der Waals surface area contributed by atoms with E-state index in [1.807, 2.05) is 0 Å². The minimum atomic E-state index is -3.80. The Morgan fingerprint density at radius 1 is 1.16 bits per heavy atom. The average Bonchev–Trinajstić information content (AvgIpc) is 2.72. The number of nitrogens with one attached hydrogen (secondary N) is 1. The van der Waals surface area contributed by atoms with E-state index in [1.54, 1.807) is 49.4 Å². The maximum atomic E-state index is 13.4. The number of likely N-dealkylation sites (N-methyl/N-ethyl adjacent to an activating group) is 1. The highest BCUT2D eigenvalue weighted by molar-refractivity contribution is 9.10. The third kappa shape index (κ3) is 6.60.